The molecule has 24 heavy (non-hydrogen) atoms. The number of benzene rings is 2. The molecule has 0 aliphatic rings. The molecule has 1 heterocycles. The number of ether oxygens (including phenoxy) is 1. The van der Waals surface area contributed by atoms with E-state index >= 15 is 0 Å². The number of fused-ring (bicyclic) bond motifs is 1. The quantitative estimate of drug-likeness (QED) is 0.619. The Morgan fingerprint density at radius 2 is 1.83 bits per heavy atom. The summed E-state index contributed by atoms with van der Waals surface area (Å²) in [5, 5.41) is 0.943. The first kappa shape index (κ1) is 16.9. The van der Waals surface area contributed by atoms with E-state index in [4.69, 9.17) is 4.74 Å². The first-order chi connectivity index (χ1) is 11.5. The third kappa shape index (κ3) is 3.93. The van der Waals surface area contributed by atoms with Gasteiger partial charge in [-0.25, -0.2) is 4.98 Å². The summed E-state index contributed by atoms with van der Waals surface area (Å²) in [5.41, 5.74) is 4.87. The summed E-state index contributed by atoms with van der Waals surface area (Å²) in [5.74, 6) is 1.78. The number of nitrogens with zero attached hydrogens (tertiary/aromatic N) is 1. The zero-order valence-corrected chi connectivity index (χ0v) is 15.5. The summed E-state index contributed by atoms with van der Waals surface area (Å²) in [6.45, 7) is 9.38. The molecule has 0 saturated carbocycles. The maximum atomic E-state index is 5.54. The van der Waals surface area contributed by atoms with Crippen molar-refractivity contribution in [2.24, 2.45) is 0 Å². The lowest BCUT2D eigenvalue weighted by atomic mass is 9.87. The Labute approximate surface area is 147 Å². The van der Waals surface area contributed by atoms with Crippen molar-refractivity contribution >= 4 is 22.8 Å². The van der Waals surface area contributed by atoms with Gasteiger partial charge in [0, 0.05) is 11.8 Å². The molecule has 3 nitrogen and oxygen atoms in total. The fraction of sp³-hybridized carbons (Fsp3) is 0.350. The van der Waals surface area contributed by atoms with Gasteiger partial charge in [0.15, 0.2) is 5.16 Å². The second kappa shape index (κ2) is 6.89. The van der Waals surface area contributed by atoms with Crippen LogP contribution in [0.3, 0.4) is 0 Å². The van der Waals surface area contributed by atoms with Crippen LogP contribution in [0.15, 0.2) is 47.6 Å². The highest BCUT2D eigenvalue weighted by Crippen LogP contribution is 2.27. The summed E-state index contributed by atoms with van der Waals surface area (Å²) < 4.78 is 5.54. The number of H-pyrrole nitrogens is 1. The van der Waals surface area contributed by atoms with Gasteiger partial charge in [-0.3, -0.25) is 0 Å². The van der Waals surface area contributed by atoms with E-state index in [0.29, 0.717) is 6.61 Å². The molecule has 0 bridgehead atoms. The Morgan fingerprint density at radius 1 is 1.08 bits per heavy atom. The second-order valence-corrected chi connectivity index (χ2v) is 7.85. The summed E-state index contributed by atoms with van der Waals surface area (Å²) in [7, 11) is 0. The molecular weight excluding hydrogens is 316 g/mol. The molecule has 0 aliphatic heterocycles. The van der Waals surface area contributed by atoms with Crippen molar-refractivity contribution in [3.05, 3.63) is 53.6 Å². The molecule has 3 rings (SSSR count). The normalized spacial score (nSPS) is 11.8. The van der Waals surface area contributed by atoms with E-state index in [9.17, 15) is 0 Å². The number of hydrogen-bond acceptors (Lipinski definition) is 3. The van der Waals surface area contributed by atoms with E-state index in [1.54, 1.807) is 11.8 Å². The van der Waals surface area contributed by atoms with Gasteiger partial charge in [0.2, 0.25) is 0 Å². The Bertz CT molecular complexity index is 816. The van der Waals surface area contributed by atoms with Crippen LogP contribution in [0.4, 0.5) is 0 Å². The Hall–Kier alpha value is -1.94. The fourth-order valence-corrected chi connectivity index (χ4v) is 3.38. The van der Waals surface area contributed by atoms with Gasteiger partial charge in [0.25, 0.3) is 0 Å². The minimum absolute atomic E-state index is 0.197. The standard InChI is InChI=1S/C20H24N2OS/c1-5-23-16-10-11-17-18(12-16)22-19(21-17)24-13-14-6-8-15(9-7-14)20(2,3)4/h6-12H,5,13H2,1-4H3,(H,21,22). The third-order valence-electron chi connectivity index (χ3n) is 3.94. The zero-order valence-electron chi connectivity index (χ0n) is 14.7. The van der Waals surface area contributed by atoms with Crippen molar-refractivity contribution < 1.29 is 4.74 Å². The lowest BCUT2D eigenvalue weighted by Gasteiger charge is -2.19. The number of rotatable bonds is 5. The van der Waals surface area contributed by atoms with Crippen LogP contribution in [0.1, 0.15) is 38.8 Å². The molecule has 0 unspecified atom stereocenters. The monoisotopic (exact) mass is 340 g/mol. The van der Waals surface area contributed by atoms with Crippen molar-refractivity contribution in [2.75, 3.05) is 6.61 Å². The fourth-order valence-electron chi connectivity index (χ4n) is 2.54. The SMILES string of the molecule is CCOc1ccc2nc(SCc3ccc(C(C)(C)C)cc3)[nH]c2c1. The van der Waals surface area contributed by atoms with Gasteiger partial charge in [-0.1, -0.05) is 56.8 Å². The molecule has 0 radical (unpaired) electrons. The van der Waals surface area contributed by atoms with Crippen LogP contribution in [0.2, 0.25) is 0 Å². The smallest absolute Gasteiger partial charge is 0.166 e. The van der Waals surface area contributed by atoms with Gasteiger partial charge >= 0.3 is 0 Å². The van der Waals surface area contributed by atoms with E-state index in [0.717, 1.165) is 27.7 Å². The highest BCUT2D eigenvalue weighted by Gasteiger charge is 2.13. The highest BCUT2D eigenvalue weighted by molar-refractivity contribution is 7.98. The summed E-state index contributed by atoms with van der Waals surface area (Å²) in [6.07, 6.45) is 0. The Morgan fingerprint density at radius 3 is 2.50 bits per heavy atom. The van der Waals surface area contributed by atoms with Gasteiger partial charge in [-0.2, -0.15) is 0 Å². The largest absolute Gasteiger partial charge is 0.494 e. The van der Waals surface area contributed by atoms with Gasteiger partial charge in [0.1, 0.15) is 5.75 Å². The van der Waals surface area contributed by atoms with Gasteiger partial charge in [-0.15, -0.1) is 0 Å². The van der Waals surface area contributed by atoms with Gasteiger partial charge < -0.3 is 9.72 Å². The summed E-state index contributed by atoms with van der Waals surface area (Å²) in [4.78, 5) is 8.01. The zero-order chi connectivity index (χ0) is 17.2. The van der Waals surface area contributed by atoms with Crippen molar-refractivity contribution in [1.29, 1.82) is 0 Å². The maximum absolute atomic E-state index is 5.54. The van der Waals surface area contributed by atoms with Crippen LogP contribution >= 0.6 is 11.8 Å². The van der Waals surface area contributed by atoms with Crippen molar-refractivity contribution in [3.63, 3.8) is 0 Å². The molecule has 126 valence electrons. The lowest BCUT2D eigenvalue weighted by molar-refractivity contribution is 0.340. The van der Waals surface area contributed by atoms with Crippen LogP contribution in [-0.2, 0) is 11.2 Å². The van der Waals surface area contributed by atoms with Crippen LogP contribution < -0.4 is 4.74 Å². The highest BCUT2D eigenvalue weighted by atomic mass is 32.2. The maximum Gasteiger partial charge on any atom is 0.166 e. The number of aromatic nitrogens is 2. The van der Waals surface area contributed by atoms with Gasteiger partial charge in [-0.05, 0) is 35.6 Å². The first-order valence-electron chi connectivity index (χ1n) is 8.30. The van der Waals surface area contributed by atoms with E-state index in [2.05, 4.69) is 55.0 Å². The lowest BCUT2D eigenvalue weighted by Crippen LogP contribution is -2.10. The van der Waals surface area contributed by atoms with Crippen LogP contribution in [0.5, 0.6) is 5.75 Å². The predicted octanol–water partition coefficient (Wildman–Crippen LogP) is 5.55. The number of nitrogens with one attached hydrogen (secondary N) is 1. The second-order valence-electron chi connectivity index (χ2n) is 6.89. The predicted molar refractivity (Wildman–Crippen MR) is 102 cm³/mol. The third-order valence-corrected chi connectivity index (χ3v) is 4.88. The van der Waals surface area contributed by atoms with E-state index in [-0.39, 0.29) is 5.41 Å². The minimum atomic E-state index is 0.197. The number of aromatic amines is 1. The number of imidazole rings is 1. The first-order valence-corrected chi connectivity index (χ1v) is 9.29. The Kier molecular flexibility index (Phi) is 4.86. The molecule has 1 N–H and O–H groups in total. The van der Waals surface area contributed by atoms with Crippen molar-refractivity contribution in [3.8, 4) is 5.75 Å². The van der Waals surface area contributed by atoms with Crippen molar-refractivity contribution in [1.82, 2.24) is 9.97 Å². The molecule has 2 aromatic carbocycles. The molecular formula is C20H24N2OS. The van der Waals surface area contributed by atoms with Crippen LogP contribution in [0.25, 0.3) is 11.0 Å². The minimum Gasteiger partial charge on any atom is -0.494 e. The summed E-state index contributed by atoms with van der Waals surface area (Å²) >= 11 is 1.72. The molecule has 0 saturated heterocycles. The molecule has 0 amide bonds. The molecule has 0 atom stereocenters. The molecule has 4 heteroatoms. The number of hydrogen-bond donors (Lipinski definition) is 1. The van der Waals surface area contributed by atoms with E-state index in [1.165, 1.54) is 11.1 Å². The van der Waals surface area contributed by atoms with Gasteiger partial charge in [0.05, 0.1) is 17.6 Å². The molecule has 1 aromatic heterocycles. The average Bonchev–Trinajstić information content (AvgIpc) is 2.95. The summed E-state index contributed by atoms with van der Waals surface area (Å²) in [6, 6.07) is 14.8. The van der Waals surface area contributed by atoms with Crippen molar-refractivity contribution in [2.45, 2.75) is 44.0 Å². The van der Waals surface area contributed by atoms with Crippen LogP contribution in [0, 0.1) is 0 Å². The number of thioether (sulfide) groups is 1. The van der Waals surface area contributed by atoms with Crippen LogP contribution in [-0.4, -0.2) is 16.6 Å². The Balaban J connectivity index is 1.69. The molecule has 3 aromatic rings. The molecule has 0 spiro atoms. The average molecular weight is 340 g/mol. The van der Waals surface area contributed by atoms with E-state index in [1.807, 2.05) is 25.1 Å². The molecule has 0 fully saturated rings. The van der Waals surface area contributed by atoms with E-state index < -0.39 is 0 Å². The molecule has 0 aliphatic carbocycles. The topological polar surface area (TPSA) is 37.9 Å².